The van der Waals surface area contributed by atoms with Crippen molar-refractivity contribution >= 4 is 11.7 Å². The number of carboxylic acid groups (broad SMARTS) is 1. The summed E-state index contributed by atoms with van der Waals surface area (Å²) in [5.41, 5.74) is -2.22. The van der Waals surface area contributed by atoms with Crippen LogP contribution in [0.1, 0.15) is 17.5 Å². The van der Waals surface area contributed by atoms with Gasteiger partial charge in [0.1, 0.15) is 6.42 Å². The van der Waals surface area contributed by atoms with Crippen LogP contribution in [0.2, 0.25) is 0 Å². The van der Waals surface area contributed by atoms with Gasteiger partial charge in [-0.3, -0.25) is 14.9 Å². The van der Waals surface area contributed by atoms with Gasteiger partial charge in [-0.25, -0.2) is 0 Å². The Morgan fingerprint density at radius 1 is 1.37 bits per heavy atom. The van der Waals surface area contributed by atoms with E-state index in [0.717, 1.165) is 6.07 Å². The highest BCUT2D eigenvalue weighted by Crippen LogP contribution is 2.32. The van der Waals surface area contributed by atoms with Gasteiger partial charge in [0.25, 0.3) is 5.69 Å². The van der Waals surface area contributed by atoms with Gasteiger partial charge in [0.05, 0.1) is 10.5 Å². The predicted octanol–water partition coefficient (Wildman–Crippen LogP) is 2.44. The number of halogens is 3. The zero-order valence-electron chi connectivity index (χ0n) is 9.19. The normalized spacial score (nSPS) is 10.5. The third kappa shape index (κ3) is 4.31. The number of nitro benzene ring substituents is 1. The number of nitrogens with zero attached hydrogens (tertiary/aromatic N) is 1. The lowest BCUT2D eigenvalue weighted by molar-refractivity contribution is -0.385. The highest BCUT2D eigenvalue weighted by Gasteiger charge is 2.32. The van der Waals surface area contributed by atoms with Gasteiger partial charge >= 0.3 is 12.1 Å². The molecule has 19 heavy (non-hydrogen) atoms. The summed E-state index contributed by atoms with van der Waals surface area (Å²) in [7, 11) is 0. The summed E-state index contributed by atoms with van der Waals surface area (Å²) in [5, 5.41) is 18.8. The van der Waals surface area contributed by atoms with E-state index in [1.165, 1.54) is 0 Å². The summed E-state index contributed by atoms with van der Waals surface area (Å²) >= 11 is 0. The molecule has 0 unspecified atom stereocenters. The summed E-state index contributed by atoms with van der Waals surface area (Å²) in [6.45, 7) is 0. The summed E-state index contributed by atoms with van der Waals surface area (Å²) in [6, 6.07) is 1.87. The number of rotatable bonds is 2. The standard InChI is InChI=1S/C11H6F3NO4/c12-11(13,14)8-4-7(2-1-3-10(16)17)5-9(6-8)15(18)19/h4-6H,3H2,(H,16,17). The molecule has 0 amide bonds. The Balaban J connectivity index is 3.23. The molecule has 0 aliphatic carbocycles. The second-order valence-corrected chi connectivity index (χ2v) is 3.40. The second kappa shape index (κ2) is 5.39. The van der Waals surface area contributed by atoms with E-state index in [-0.39, 0.29) is 5.56 Å². The van der Waals surface area contributed by atoms with Crippen molar-refractivity contribution in [2.45, 2.75) is 12.6 Å². The number of non-ortho nitro benzene ring substituents is 1. The summed E-state index contributed by atoms with van der Waals surface area (Å²) in [6.07, 6.45) is -5.31. The van der Waals surface area contributed by atoms with Gasteiger partial charge < -0.3 is 5.11 Å². The topological polar surface area (TPSA) is 80.4 Å². The second-order valence-electron chi connectivity index (χ2n) is 3.40. The third-order valence-electron chi connectivity index (χ3n) is 1.93. The smallest absolute Gasteiger partial charge is 0.416 e. The van der Waals surface area contributed by atoms with Crippen molar-refractivity contribution in [2.24, 2.45) is 0 Å². The fourth-order valence-corrected chi connectivity index (χ4v) is 1.17. The SMILES string of the molecule is O=C(O)CC#Cc1cc([N+](=O)[O-])cc(C(F)(F)F)c1. The third-order valence-corrected chi connectivity index (χ3v) is 1.93. The zero-order chi connectivity index (χ0) is 14.6. The number of nitro groups is 1. The summed E-state index contributed by atoms with van der Waals surface area (Å²) < 4.78 is 37.5. The minimum atomic E-state index is -4.74. The molecule has 0 aliphatic rings. The van der Waals surface area contributed by atoms with Crippen LogP contribution in [0.4, 0.5) is 18.9 Å². The number of hydrogen-bond acceptors (Lipinski definition) is 3. The minimum absolute atomic E-state index is 0.261. The molecule has 1 N–H and O–H groups in total. The molecule has 0 atom stereocenters. The van der Waals surface area contributed by atoms with E-state index in [0.29, 0.717) is 12.1 Å². The van der Waals surface area contributed by atoms with Crippen molar-refractivity contribution < 1.29 is 28.0 Å². The molecule has 1 aromatic rings. The Hall–Kier alpha value is -2.56. The highest BCUT2D eigenvalue weighted by molar-refractivity contribution is 5.70. The molecule has 1 aromatic carbocycles. The van der Waals surface area contributed by atoms with Crippen molar-refractivity contribution in [3.05, 3.63) is 39.4 Å². The minimum Gasteiger partial charge on any atom is -0.481 e. The first-order valence-electron chi connectivity index (χ1n) is 4.77. The molecule has 0 aromatic heterocycles. The van der Waals surface area contributed by atoms with E-state index in [1.54, 1.807) is 0 Å². The van der Waals surface area contributed by atoms with Crippen molar-refractivity contribution in [1.82, 2.24) is 0 Å². The Morgan fingerprint density at radius 3 is 2.47 bits per heavy atom. The van der Waals surface area contributed by atoms with Crippen molar-refractivity contribution in [3.8, 4) is 11.8 Å². The number of carbonyl (C=O) groups is 1. The van der Waals surface area contributed by atoms with Crippen LogP contribution in [0.3, 0.4) is 0 Å². The molecule has 0 spiro atoms. The molecule has 0 fully saturated rings. The van der Waals surface area contributed by atoms with E-state index >= 15 is 0 Å². The maximum absolute atomic E-state index is 12.5. The molecule has 100 valence electrons. The van der Waals surface area contributed by atoms with Crippen LogP contribution in [-0.4, -0.2) is 16.0 Å². The van der Waals surface area contributed by atoms with E-state index in [2.05, 4.69) is 11.8 Å². The Bertz CT molecular complexity index is 584. The van der Waals surface area contributed by atoms with Crippen LogP contribution in [0.5, 0.6) is 0 Å². The molecule has 0 heterocycles. The molecule has 0 bridgehead atoms. The Labute approximate surface area is 104 Å². The summed E-state index contributed by atoms with van der Waals surface area (Å²) in [5.74, 6) is 3.01. The van der Waals surface area contributed by atoms with Gasteiger partial charge in [-0.2, -0.15) is 13.2 Å². The maximum Gasteiger partial charge on any atom is 0.416 e. The fourth-order valence-electron chi connectivity index (χ4n) is 1.17. The van der Waals surface area contributed by atoms with Gasteiger partial charge in [-0.1, -0.05) is 11.8 Å². The van der Waals surface area contributed by atoms with Crippen LogP contribution in [-0.2, 0) is 11.0 Å². The van der Waals surface area contributed by atoms with Crippen LogP contribution >= 0.6 is 0 Å². The van der Waals surface area contributed by atoms with E-state index < -0.39 is 34.7 Å². The zero-order valence-corrected chi connectivity index (χ0v) is 9.19. The number of benzene rings is 1. The molecule has 0 saturated heterocycles. The molecular weight excluding hydrogens is 267 g/mol. The maximum atomic E-state index is 12.5. The monoisotopic (exact) mass is 273 g/mol. The van der Waals surface area contributed by atoms with Crippen molar-refractivity contribution in [1.29, 1.82) is 0 Å². The van der Waals surface area contributed by atoms with Crippen LogP contribution in [0.15, 0.2) is 18.2 Å². The van der Waals surface area contributed by atoms with Gasteiger partial charge in [-0.15, -0.1) is 0 Å². The number of aliphatic carboxylic acids is 1. The predicted molar refractivity (Wildman–Crippen MR) is 57.2 cm³/mol. The van der Waals surface area contributed by atoms with Gasteiger partial charge in [0, 0.05) is 17.7 Å². The van der Waals surface area contributed by atoms with Gasteiger partial charge in [0.15, 0.2) is 0 Å². The van der Waals surface area contributed by atoms with Crippen LogP contribution < -0.4 is 0 Å². The number of hydrogen-bond donors (Lipinski definition) is 1. The van der Waals surface area contributed by atoms with E-state index in [4.69, 9.17) is 5.11 Å². The van der Waals surface area contributed by atoms with E-state index in [1.807, 2.05) is 0 Å². The lowest BCUT2D eigenvalue weighted by Crippen LogP contribution is -2.06. The lowest BCUT2D eigenvalue weighted by atomic mass is 10.1. The van der Waals surface area contributed by atoms with Crippen LogP contribution in [0.25, 0.3) is 0 Å². The molecule has 1 rings (SSSR count). The number of carboxylic acids is 1. The first-order chi connectivity index (χ1) is 8.70. The Kier molecular flexibility index (Phi) is 4.11. The van der Waals surface area contributed by atoms with E-state index in [9.17, 15) is 28.1 Å². The van der Waals surface area contributed by atoms with Crippen LogP contribution in [0, 0.1) is 22.0 Å². The lowest BCUT2D eigenvalue weighted by Gasteiger charge is -2.06. The fraction of sp³-hybridized carbons (Fsp3) is 0.182. The molecule has 0 saturated carbocycles. The van der Waals surface area contributed by atoms with Crippen molar-refractivity contribution in [3.63, 3.8) is 0 Å². The van der Waals surface area contributed by atoms with Crippen molar-refractivity contribution in [2.75, 3.05) is 0 Å². The van der Waals surface area contributed by atoms with Gasteiger partial charge in [0.2, 0.25) is 0 Å². The molecule has 0 radical (unpaired) electrons. The highest BCUT2D eigenvalue weighted by atomic mass is 19.4. The first kappa shape index (κ1) is 14.5. The average molecular weight is 273 g/mol. The molecular formula is C11H6F3NO4. The quantitative estimate of drug-likeness (QED) is 0.509. The Morgan fingerprint density at radius 2 is 2.00 bits per heavy atom. The summed E-state index contributed by atoms with van der Waals surface area (Å²) in [4.78, 5) is 19.7. The first-order valence-corrected chi connectivity index (χ1v) is 4.77. The molecule has 0 aliphatic heterocycles. The average Bonchev–Trinajstić information content (AvgIpc) is 2.26. The van der Waals surface area contributed by atoms with Gasteiger partial charge in [-0.05, 0) is 6.07 Å². The number of alkyl halides is 3. The largest absolute Gasteiger partial charge is 0.481 e. The molecule has 8 heteroatoms. The molecule has 5 nitrogen and oxygen atoms in total.